The van der Waals surface area contributed by atoms with Crippen molar-refractivity contribution in [2.75, 3.05) is 11.2 Å². The van der Waals surface area contributed by atoms with Crippen molar-refractivity contribution in [3.8, 4) is 0 Å². The highest BCUT2D eigenvalue weighted by atomic mass is 35.5. The maximum Gasteiger partial charge on any atom is 0.126 e. The van der Waals surface area contributed by atoms with Crippen LogP contribution in [0.4, 0.5) is 5.82 Å². The lowest BCUT2D eigenvalue weighted by Crippen LogP contribution is -2.36. The molecule has 0 aromatic carbocycles. The minimum atomic E-state index is -0.0542. The van der Waals surface area contributed by atoms with E-state index in [1.807, 2.05) is 0 Å². The van der Waals surface area contributed by atoms with Gasteiger partial charge >= 0.3 is 0 Å². The summed E-state index contributed by atoms with van der Waals surface area (Å²) in [6.07, 6.45) is 4.54. The molecule has 1 aromatic rings. The Morgan fingerprint density at radius 1 is 1.44 bits per heavy atom. The summed E-state index contributed by atoms with van der Waals surface area (Å²) in [4.78, 5) is 4.66. The molecule has 0 saturated heterocycles. The normalized spacial score (nSPS) is 17.9. The van der Waals surface area contributed by atoms with Gasteiger partial charge in [-0.1, -0.05) is 13.0 Å². The Balaban J connectivity index is 2.16. The fourth-order valence-electron chi connectivity index (χ4n) is 2.02. The number of halogens is 1. The van der Waals surface area contributed by atoms with Crippen LogP contribution >= 0.6 is 11.6 Å². The zero-order valence-corrected chi connectivity index (χ0v) is 10.8. The lowest BCUT2D eigenvalue weighted by Gasteiger charge is -2.27. The van der Waals surface area contributed by atoms with Gasteiger partial charge in [0.1, 0.15) is 5.82 Å². The van der Waals surface area contributed by atoms with E-state index in [0.29, 0.717) is 5.88 Å². The number of hydrogen-bond acceptors (Lipinski definition) is 2. The van der Waals surface area contributed by atoms with Gasteiger partial charge in [0.2, 0.25) is 0 Å². The highest BCUT2D eigenvalue weighted by Crippen LogP contribution is 2.24. The fraction of sp³-hybridized carbons (Fsp3) is 0.615. The van der Waals surface area contributed by atoms with E-state index in [9.17, 15) is 0 Å². The van der Waals surface area contributed by atoms with Crippen LogP contribution in [-0.2, 0) is 12.8 Å². The van der Waals surface area contributed by atoms with Gasteiger partial charge in [0, 0.05) is 17.1 Å². The second-order valence-corrected chi connectivity index (χ2v) is 5.10. The number of anilines is 1. The van der Waals surface area contributed by atoms with E-state index < -0.39 is 0 Å². The topological polar surface area (TPSA) is 24.9 Å². The predicted octanol–water partition coefficient (Wildman–Crippen LogP) is 3.39. The zero-order chi connectivity index (χ0) is 11.6. The lowest BCUT2D eigenvalue weighted by molar-refractivity contribution is 0.551. The van der Waals surface area contributed by atoms with Crippen molar-refractivity contribution in [1.82, 2.24) is 4.98 Å². The number of aromatic nitrogens is 1. The zero-order valence-electron chi connectivity index (χ0n) is 10.0. The van der Waals surface area contributed by atoms with E-state index in [1.165, 1.54) is 24.1 Å². The average Bonchev–Trinajstić information content (AvgIpc) is 2.76. The van der Waals surface area contributed by atoms with Crippen molar-refractivity contribution in [3.63, 3.8) is 0 Å². The molecule has 0 radical (unpaired) electrons. The number of nitrogens with zero attached hydrogens (tertiary/aromatic N) is 1. The van der Waals surface area contributed by atoms with Crippen LogP contribution in [0.5, 0.6) is 0 Å². The van der Waals surface area contributed by atoms with Crippen LogP contribution in [0.1, 0.15) is 37.9 Å². The van der Waals surface area contributed by atoms with Crippen molar-refractivity contribution in [1.29, 1.82) is 0 Å². The van der Waals surface area contributed by atoms with E-state index in [-0.39, 0.29) is 5.54 Å². The molecule has 1 heterocycles. The molecule has 0 bridgehead atoms. The molecule has 1 aromatic heterocycles. The van der Waals surface area contributed by atoms with Crippen LogP contribution in [0.25, 0.3) is 0 Å². The van der Waals surface area contributed by atoms with Crippen LogP contribution in [0.3, 0.4) is 0 Å². The van der Waals surface area contributed by atoms with Crippen LogP contribution in [0.15, 0.2) is 12.1 Å². The smallest absolute Gasteiger partial charge is 0.126 e. The summed E-state index contributed by atoms with van der Waals surface area (Å²) in [5.74, 6) is 1.56. The van der Waals surface area contributed by atoms with E-state index in [0.717, 1.165) is 18.7 Å². The number of rotatable bonds is 4. The third kappa shape index (κ3) is 2.32. The fourth-order valence-corrected chi connectivity index (χ4v) is 2.27. The summed E-state index contributed by atoms with van der Waals surface area (Å²) in [6.45, 7) is 4.28. The van der Waals surface area contributed by atoms with Crippen molar-refractivity contribution in [2.24, 2.45) is 0 Å². The first-order chi connectivity index (χ1) is 7.67. The van der Waals surface area contributed by atoms with Crippen molar-refractivity contribution in [3.05, 3.63) is 23.4 Å². The van der Waals surface area contributed by atoms with Gasteiger partial charge in [0.25, 0.3) is 0 Å². The quantitative estimate of drug-likeness (QED) is 0.814. The first-order valence-electron chi connectivity index (χ1n) is 6.00. The third-order valence-corrected chi connectivity index (χ3v) is 4.02. The van der Waals surface area contributed by atoms with Gasteiger partial charge in [-0.25, -0.2) is 4.98 Å². The lowest BCUT2D eigenvalue weighted by atomic mass is 10.0. The molecule has 3 heteroatoms. The molecule has 0 aliphatic heterocycles. The Labute approximate surface area is 102 Å². The van der Waals surface area contributed by atoms with Gasteiger partial charge in [-0.15, -0.1) is 11.6 Å². The largest absolute Gasteiger partial charge is 0.364 e. The Hall–Kier alpha value is -0.760. The molecule has 0 fully saturated rings. The Morgan fingerprint density at radius 3 is 2.94 bits per heavy atom. The summed E-state index contributed by atoms with van der Waals surface area (Å²) in [6, 6.07) is 4.27. The predicted molar refractivity (Wildman–Crippen MR) is 69.3 cm³/mol. The third-order valence-electron chi connectivity index (χ3n) is 3.43. The van der Waals surface area contributed by atoms with E-state index in [1.54, 1.807) is 0 Å². The number of alkyl halides is 1. The van der Waals surface area contributed by atoms with Crippen LogP contribution in [-0.4, -0.2) is 16.4 Å². The molecule has 16 heavy (non-hydrogen) atoms. The van der Waals surface area contributed by atoms with Crippen molar-refractivity contribution < 1.29 is 0 Å². The van der Waals surface area contributed by atoms with Gasteiger partial charge in [-0.05, 0) is 44.2 Å². The van der Waals surface area contributed by atoms with Gasteiger partial charge in [0.05, 0.1) is 0 Å². The van der Waals surface area contributed by atoms with Gasteiger partial charge in [0.15, 0.2) is 0 Å². The van der Waals surface area contributed by atoms with Gasteiger partial charge in [-0.3, -0.25) is 0 Å². The summed E-state index contributed by atoms with van der Waals surface area (Å²) in [5.41, 5.74) is 2.62. The van der Waals surface area contributed by atoms with Crippen molar-refractivity contribution in [2.45, 2.75) is 45.1 Å². The summed E-state index contributed by atoms with van der Waals surface area (Å²) < 4.78 is 0. The summed E-state index contributed by atoms with van der Waals surface area (Å²) in [7, 11) is 0. The molecule has 2 nitrogen and oxygen atoms in total. The molecule has 1 unspecified atom stereocenters. The van der Waals surface area contributed by atoms with Gasteiger partial charge < -0.3 is 5.32 Å². The summed E-state index contributed by atoms with van der Waals surface area (Å²) >= 11 is 5.99. The molecule has 2 rings (SSSR count). The first-order valence-corrected chi connectivity index (χ1v) is 6.53. The van der Waals surface area contributed by atoms with E-state index in [4.69, 9.17) is 11.6 Å². The highest BCUT2D eigenvalue weighted by molar-refractivity contribution is 6.18. The number of aryl methyl sites for hydroxylation is 2. The number of nitrogens with one attached hydrogen (secondary N) is 1. The minimum absolute atomic E-state index is 0.0542. The maximum absolute atomic E-state index is 5.99. The number of hydrogen-bond donors (Lipinski definition) is 1. The Bertz CT molecular complexity index is 372. The second kappa shape index (κ2) is 4.62. The van der Waals surface area contributed by atoms with Crippen molar-refractivity contribution >= 4 is 17.4 Å². The van der Waals surface area contributed by atoms with Crippen LogP contribution in [0.2, 0.25) is 0 Å². The molecular formula is C13H19ClN2. The molecule has 88 valence electrons. The first kappa shape index (κ1) is 11.7. The molecule has 1 aliphatic rings. The second-order valence-electron chi connectivity index (χ2n) is 4.83. The van der Waals surface area contributed by atoms with Gasteiger partial charge in [-0.2, -0.15) is 0 Å². The maximum atomic E-state index is 5.99. The average molecular weight is 239 g/mol. The molecule has 0 spiro atoms. The molecule has 0 saturated carbocycles. The Kier molecular flexibility index (Phi) is 3.38. The Morgan fingerprint density at radius 2 is 2.25 bits per heavy atom. The molecule has 1 atom stereocenters. The highest BCUT2D eigenvalue weighted by Gasteiger charge is 2.21. The standard InChI is InChI=1S/C13H19ClN2/c1-3-13(2,9-14)16-12-8-7-10-5-4-6-11(10)15-12/h7-8H,3-6,9H2,1-2H3,(H,15,16). The van der Waals surface area contributed by atoms with Crippen LogP contribution in [0, 0.1) is 0 Å². The number of fused-ring (bicyclic) bond motifs is 1. The molecule has 1 aliphatic carbocycles. The SMILES string of the molecule is CCC(C)(CCl)Nc1ccc2c(n1)CCC2. The molecule has 0 amide bonds. The molecular weight excluding hydrogens is 220 g/mol. The summed E-state index contributed by atoms with van der Waals surface area (Å²) in [5, 5.41) is 3.44. The molecule has 1 N–H and O–H groups in total. The van der Waals surface area contributed by atoms with E-state index >= 15 is 0 Å². The van der Waals surface area contributed by atoms with Crippen LogP contribution < -0.4 is 5.32 Å². The van der Waals surface area contributed by atoms with E-state index in [2.05, 4.69) is 36.3 Å². The minimum Gasteiger partial charge on any atom is -0.364 e. The monoisotopic (exact) mass is 238 g/mol. The number of pyridine rings is 1.